The van der Waals surface area contributed by atoms with E-state index in [0.29, 0.717) is 5.69 Å². The van der Waals surface area contributed by atoms with E-state index in [2.05, 4.69) is 15.6 Å². The van der Waals surface area contributed by atoms with Crippen molar-refractivity contribution in [3.8, 4) is 0 Å². The number of nitrogens with zero attached hydrogens (tertiary/aromatic N) is 1. The van der Waals surface area contributed by atoms with Gasteiger partial charge in [-0.3, -0.25) is 4.98 Å². The molecule has 3 N–H and O–H groups in total. The van der Waals surface area contributed by atoms with Crippen LogP contribution in [-0.2, 0) is 0 Å². The molecule has 0 saturated carbocycles. The van der Waals surface area contributed by atoms with Crippen molar-refractivity contribution < 1.29 is 9.90 Å². The molecule has 0 fully saturated rings. The predicted octanol–water partition coefficient (Wildman–Crippen LogP) is 3.02. The molecule has 0 spiro atoms. The maximum Gasteiger partial charge on any atom is 0.319 e. The summed E-state index contributed by atoms with van der Waals surface area (Å²) in [7, 11) is 0. The van der Waals surface area contributed by atoms with Crippen LogP contribution >= 0.6 is 0 Å². The molecule has 0 aliphatic carbocycles. The summed E-state index contributed by atoms with van der Waals surface area (Å²) in [6.07, 6.45) is 2.85. The van der Waals surface area contributed by atoms with Crippen LogP contribution in [0.15, 0.2) is 48.8 Å². The van der Waals surface area contributed by atoms with Crippen molar-refractivity contribution in [2.24, 2.45) is 0 Å². The maximum absolute atomic E-state index is 12.0. The molecular formula is C16H19N3O2. The number of anilines is 1. The number of hydrogen-bond donors (Lipinski definition) is 3. The smallest absolute Gasteiger partial charge is 0.319 e. The Labute approximate surface area is 124 Å². The highest BCUT2D eigenvalue weighted by Crippen LogP contribution is 2.17. The number of hydrogen-bond acceptors (Lipinski definition) is 3. The molecule has 2 unspecified atom stereocenters. The van der Waals surface area contributed by atoms with Crippen LogP contribution in [0.2, 0.25) is 0 Å². The fourth-order valence-corrected chi connectivity index (χ4v) is 1.96. The topological polar surface area (TPSA) is 74.2 Å². The van der Waals surface area contributed by atoms with Gasteiger partial charge in [0, 0.05) is 18.1 Å². The molecule has 2 amide bonds. The van der Waals surface area contributed by atoms with Crippen molar-refractivity contribution in [1.82, 2.24) is 10.3 Å². The molecule has 1 heterocycles. The fraction of sp³-hybridized carbons (Fsp3) is 0.250. The molecule has 0 radical (unpaired) electrons. The van der Waals surface area contributed by atoms with Crippen molar-refractivity contribution in [1.29, 1.82) is 0 Å². The molecule has 0 saturated heterocycles. The van der Waals surface area contributed by atoms with E-state index in [1.54, 1.807) is 37.5 Å². The lowest BCUT2D eigenvalue weighted by atomic mass is 10.1. The molecule has 5 nitrogen and oxygen atoms in total. The van der Waals surface area contributed by atoms with Crippen molar-refractivity contribution >= 4 is 11.7 Å². The standard InChI is InChI=1S/C16H19N3O2/c1-11(14-6-4-8-17-10-14)18-16(21)19-15-7-3-5-13(9-15)12(2)20/h3-12,20H,1-2H3,(H2,18,19,21). The Morgan fingerprint density at radius 3 is 2.62 bits per heavy atom. The number of nitrogens with one attached hydrogen (secondary N) is 2. The SMILES string of the molecule is CC(O)c1cccc(NC(=O)NC(C)c2cccnc2)c1. The molecule has 1 aromatic carbocycles. The first kappa shape index (κ1) is 15.0. The van der Waals surface area contributed by atoms with Crippen LogP contribution < -0.4 is 10.6 Å². The zero-order valence-electron chi connectivity index (χ0n) is 12.1. The van der Waals surface area contributed by atoms with Gasteiger partial charge in [0.2, 0.25) is 0 Å². The lowest BCUT2D eigenvalue weighted by Crippen LogP contribution is -2.31. The average molecular weight is 285 g/mol. The number of aromatic nitrogens is 1. The first-order valence-electron chi connectivity index (χ1n) is 6.81. The number of aliphatic hydroxyl groups is 1. The van der Waals surface area contributed by atoms with Gasteiger partial charge < -0.3 is 15.7 Å². The van der Waals surface area contributed by atoms with Gasteiger partial charge >= 0.3 is 6.03 Å². The third kappa shape index (κ3) is 4.29. The average Bonchev–Trinajstić information content (AvgIpc) is 2.48. The number of pyridine rings is 1. The Bertz CT molecular complexity index is 599. The molecule has 1 aromatic heterocycles. The Morgan fingerprint density at radius 2 is 1.95 bits per heavy atom. The second-order valence-electron chi connectivity index (χ2n) is 4.91. The number of urea groups is 1. The van der Waals surface area contributed by atoms with E-state index in [9.17, 15) is 9.90 Å². The third-order valence-corrected chi connectivity index (χ3v) is 3.16. The van der Waals surface area contributed by atoms with Gasteiger partial charge in [0.25, 0.3) is 0 Å². The number of rotatable bonds is 4. The van der Waals surface area contributed by atoms with Crippen LogP contribution in [0.3, 0.4) is 0 Å². The lowest BCUT2D eigenvalue weighted by molar-refractivity contribution is 0.199. The number of aliphatic hydroxyl groups excluding tert-OH is 1. The largest absolute Gasteiger partial charge is 0.389 e. The van der Waals surface area contributed by atoms with Gasteiger partial charge in [-0.25, -0.2) is 4.79 Å². The van der Waals surface area contributed by atoms with Gasteiger partial charge in [0.15, 0.2) is 0 Å². The molecule has 21 heavy (non-hydrogen) atoms. The highest BCUT2D eigenvalue weighted by molar-refractivity contribution is 5.89. The Hall–Kier alpha value is -2.40. The van der Waals surface area contributed by atoms with Gasteiger partial charge in [-0.1, -0.05) is 18.2 Å². The summed E-state index contributed by atoms with van der Waals surface area (Å²) in [5.41, 5.74) is 2.34. The summed E-state index contributed by atoms with van der Waals surface area (Å²) in [4.78, 5) is 16.0. The van der Waals surface area contributed by atoms with Crippen molar-refractivity contribution in [3.63, 3.8) is 0 Å². The molecule has 2 aromatic rings. The molecule has 0 aliphatic rings. The normalized spacial score (nSPS) is 13.3. The summed E-state index contributed by atoms with van der Waals surface area (Å²) >= 11 is 0. The van der Waals surface area contributed by atoms with Crippen LogP contribution in [-0.4, -0.2) is 16.1 Å². The van der Waals surface area contributed by atoms with Crippen LogP contribution in [0, 0.1) is 0 Å². The Kier molecular flexibility index (Phi) is 4.90. The number of amides is 2. The zero-order valence-corrected chi connectivity index (χ0v) is 12.1. The minimum atomic E-state index is -0.566. The Balaban J connectivity index is 1.97. The fourth-order valence-electron chi connectivity index (χ4n) is 1.96. The molecular weight excluding hydrogens is 266 g/mol. The predicted molar refractivity (Wildman–Crippen MR) is 81.9 cm³/mol. The van der Waals surface area contributed by atoms with E-state index in [0.717, 1.165) is 11.1 Å². The molecule has 0 aliphatic heterocycles. The molecule has 0 bridgehead atoms. The van der Waals surface area contributed by atoms with Gasteiger partial charge in [-0.2, -0.15) is 0 Å². The summed E-state index contributed by atoms with van der Waals surface area (Å²) < 4.78 is 0. The zero-order chi connectivity index (χ0) is 15.2. The highest BCUT2D eigenvalue weighted by Gasteiger charge is 2.10. The quantitative estimate of drug-likeness (QED) is 0.808. The van der Waals surface area contributed by atoms with E-state index < -0.39 is 6.10 Å². The molecule has 5 heteroatoms. The first-order chi connectivity index (χ1) is 10.1. The van der Waals surface area contributed by atoms with Crippen LogP contribution in [0.4, 0.5) is 10.5 Å². The highest BCUT2D eigenvalue weighted by atomic mass is 16.3. The summed E-state index contributed by atoms with van der Waals surface area (Å²) in [6, 6.07) is 10.4. The maximum atomic E-state index is 12.0. The summed E-state index contributed by atoms with van der Waals surface area (Å²) in [5, 5.41) is 15.1. The molecule has 110 valence electrons. The second-order valence-corrected chi connectivity index (χ2v) is 4.91. The summed E-state index contributed by atoms with van der Waals surface area (Å²) in [5.74, 6) is 0. The van der Waals surface area contributed by atoms with Crippen LogP contribution in [0.25, 0.3) is 0 Å². The third-order valence-electron chi connectivity index (χ3n) is 3.16. The van der Waals surface area contributed by atoms with E-state index in [-0.39, 0.29) is 12.1 Å². The number of carbonyl (C=O) groups excluding carboxylic acids is 1. The molecule has 2 atom stereocenters. The van der Waals surface area contributed by atoms with Crippen molar-refractivity contribution in [2.75, 3.05) is 5.32 Å². The van der Waals surface area contributed by atoms with Gasteiger partial charge in [-0.15, -0.1) is 0 Å². The van der Waals surface area contributed by atoms with E-state index in [1.165, 1.54) is 0 Å². The van der Waals surface area contributed by atoms with Gasteiger partial charge in [-0.05, 0) is 43.2 Å². The second kappa shape index (κ2) is 6.85. The van der Waals surface area contributed by atoms with E-state index in [4.69, 9.17) is 0 Å². The monoisotopic (exact) mass is 285 g/mol. The van der Waals surface area contributed by atoms with Gasteiger partial charge in [0.1, 0.15) is 0 Å². The van der Waals surface area contributed by atoms with Gasteiger partial charge in [0.05, 0.1) is 12.1 Å². The lowest BCUT2D eigenvalue weighted by Gasteiger charge is -2.15. The Morgan fingerprint density at radius 1 is 1.19 bits per heavy atom. The van der Waals surface area contributed by atoms with Crippen molar-refractivity contribution in [3.05, 3.63) is 59.9 Å². The molecule has 2 rings (SSSR count). The minimum absolute atomic E-state index is 0.140. The number of benzene rings is 1. The van der Waals surface area contributed by atoms with Crippen LogP contribution in [0.5, 0.6) is 0 Å². The summed E-state index contributed by atoms with van der Waals surface area (Å²) in [6.45, 7) is 3.58. The van der Waals surface area contributed by atoms with E-state index in [1.807, 2.05) is 25.1 Å². The van der Waals surface area contributed by atoms with Crippen LogP contribution in [0.1, 0.15) is 37.1 Å². The first-order valence-corrected chi connectivity index (χ1v) is 6.81. The number of carbonyl (C=O) groups is 1. The van der Waals surface area contributed by atoms with Crippen molar-refractivity contribution in [2.45, 2.75) is 26.0 Å². The van der Waals surface area contributed by atoms with E-state index >= 15 is 0 Å². The minimum Gasteiger partial charge on any atom is -0.389 e.